The number of rotatable bonds is 4. The first kappa shape index (κ1) is 13.8. The lowest BCUT2D eigenvalue weighted by Gasteiger charge is -2.07. The lowest BCUT2D eigenvalue weighted by Crippen LogP contribution is -2.02. The zero-order chi connectivity index (χ0) is 13.8. The number of aromatic carboxylic acids is 1. The van der Waals surface area contributed by atoms with Crippen molar-refractivity contribution in [2.75, 3.05) is 0 Å². The van der Waals surface area contributed by atoms with Crippen molar-refractivity contribution in [2.45, 2.75) is 6.61 Å². The summed E-state index contributed by atoms with van der Waals surface area (Å²) < 4.78 is 20.2. The summed E-state index contributed by atoms with van der Waals surface area (Å²) in [5, 5.41) is 8.74. The van der Waals surface area contributed by atoms with E-state index < -0.39 is 11.8 Å². The van der Waals surface area contributed by atoms with Crippen molar-refractivity contribution >= 4 is 28.6 Å². The van der Waals surface area contributed by atoms with Gasteiger partial charge in [-0.1, -0.05) is 6.07 Å². The van der Waals surface area contributed by atoms with Crippen LogP contribution < -0.4 is 4.74 Å². The maximum atomic E-state index is 13.6. The second kappa shape index (κ2) is 6.01. The van der Waals surface area contributed by atoms with Crippen LogP contribution in [0.15, 0.2) is 42.5 Å². The Morgan fingerprint density at radius 2 is 1.89 bits per heavy atom. The van der Waals surface area contributed by atoms with E-state index in [4.69, 9.17) is 9.84 Å². The first-order valence-corrected chi connectivity index (χ1v) is 6.54. The predicted octanol–water partition coefficient (Wildman–Crippen LogP) is 3.71. The minimum Gasteiger partial charge on any atom is -0.489 e. The Morgan fingerprint density at radius 1 is 1.21 bits per heavy atom. The molecule has 0 saturated heterocycles. The molecule has 0 bridgehead atoms. The number of ether oxygens (including phenoxy) is 1. The molecule has 0 aliphatic carbocycles. The Hall–Kier alpha value is -1.63. The molecular weight excluding hydrogens is 362 g/mol. The summed E-state index contributed by atoms with van der Waals surface area (Å²) >= 11 is 2.18. The minimum absolute atomic E-state index is 0.0618. The van der Waals surface area contributed by atoms with E-state index in [-0.39, 0.29) is 12.2 Å². The van der Waals surface area contributed by atoms with Gasteiger partial charge in [0.05, 0.1) is 5.56 Å². The molecule has 0 spiro atoms. The Kier molecular flexibility index (Phi) is 4.36. The molecule has 5 heteroatoms. The van der Waals surface area contributed by atoms with Crippen LogP contribution in [0.1, 0.15) is 15.9 Å². The molecule has 3 nitrogen and oxygen atoms in total. The molecule has 0 saturated carbocycles. The molecule has 0 atom stereocenters. The molecular formula is C14H10FIO3. The number of hydrogen-bond donors (Lipinski definition) is 1. The predicted molar refractivity (Wildman–Crippen MR) is 76.9 cm³/mol. The lowest BCUT2D eigenvalue weighted by atomic mass is 10.1. The van der Waals surface area contributed by atoms with Crippen molar-refractivity contribution in [2.24, 2.45) is 0 Å². The average Bonchev–Trinajstić information content (AvgIpc) is 2.39. The largest absolute Gasteiger partial charge is 0.489 e. The van der Waals surface area contributed by atoms with E-state index in [9.17, 15) is 9.18 Å². The molecule has 2 aromatic carbocycles. The van der Waals surface area contributed by atoms with Gasteiger partial charge in [-0.25, -0.2) is 9.18 Å². The zero-order valence-electron chi connectivity index (χ0n) is 9.77. The van der Waals surface area contributed by atoms with E-state index >= 15 is 0 Å². The first-order valence-electron chi connectivity index (χ1n) is 5.46. The molecule has 0 radical (unpaired) electrons. The number of carboxylic acid groups (broad SMARTS) is 1. The normalized spacial score (nSPS) is 10.2. The molecule has 0 aliphatic rings. The van der Waals surface area contributed by atoms with Gasteiger partial charge in [-0.05, 0) is 59.0 Å². The zero-order valence-corrected chi connectivity index (χ0v) is 11.9. The topological polar surface area (TPSA) is 46.5 Å². The van der Waals surface area contributed by atoms with Gasteiger partial charge in [0.2, 0.25) is 0 Å². The Morgan fingerprint density at radius 3 is 2.47 bits per heavy atom. The molecule has 0 unspecified atom stereocenters. The highest BCUT2D eigenvalue weighted by atomic mass is 127. The summed E-state index contributed by atoms with van der Waals surface area (Å²) in [5.41, 5.74) is 0.249. The molecule has 0 aliphatic heterocycles. The standard InChI is InChI=1S/C14H10FIO3/c15-13-7-9(14(17)18)1-2-10(13)8-19-12-5-3-11(16)4-6-12/h1-7H,8H2,(H,17,18). The van der Waals surface area contributed by atoms with Crippen molar-refractivity contribution in [1.82, 2.24) is 0 Å². The van der Waals surface area contributed by atoms with Gasteiger partial charge in [-0.15, -0.1) is 0 Å². The van der Waals surface area contributed by atoms with Gasteiger partial charge in [-0.2, -0.15) is 0 Å². The summed E-state index contributed by atoms with van der Waals surface area (Å²) in [7, 11) is 0. The summed E-state index contributed by atoms with van der Waals surface area (Å²) in [5.74, 6) is -1.09. The minimum atomic E-state index is -1.15. The summed E-state index contributed by atoms with van der Waals surface area (Å²) in [4.78, 5) is 10.7. The quantitative estimate of drug-likeness (QED) is 0.833. The summed E-state index contributed by atoms with van der Waals surface area (Å²) in [6.07, 6.45) is 0. The van der Waals surface area contributed by atoms with Gasteiger partial charge >= 0.3 is 5.97 Å². The van der Waals surface area contributed by atoms with Crippen LogP contribution in [0.4, 0.5) is 4.39 Å². The Balaban J connectivity index is 2.07. The van der Waals surface area contributed by atoms with Crippen molar-refractivity contribution in [1.29, 1.82) is 0 Å². The van der Waals surface area contributed by atoms with Gasteiger partial charge in [0.1, 0.15) is 18.2 Å². The second-order valence-corrected chi connectivity index (χ2v) is 5.10. The van der Waals surface area contributed by atoms with Crippen LogP contribution in [0.5, 0.6) is 5.75 Å². The van der Waals surface area contributed by atoms with Gasteiger partial charge in [0, 0.05) is 9.13 Å². The van der Waals surface area contributed by atoms with Gasteiger partial charge in [0.15, 0.2) is 0 Å². The fourth-order valence-electron chi connectivity index (χ4n) is 1.49. The average molecular weight is 372 g/mol. The number of carboxylic acids is 1. The second-order valence-electron chi connectivity index (χ2n) is 3.85. The number of carbonyl (C=O) groups is 1. The number of benzene rings is 2. The maximum Gasteiger partial charge on any atom is 0.335 e. The smallest absolute Gasteiger partial charge is 0.335 e. The van der Waals surface area contributed by atoms with Gasteiger partial charge < -0.3 is 9.84 Å². The monoisotopic (exact) mass is 372 g/mol. The highest BCUT2D eigenvalue weighted by Gasteiger charge is 2.08. The van der Waals surface area contributed by atoms with Crippen molar-refractivity contribution in [3.63, 3.8) is 0 Å². The van der Waals surface area contributed by atoms with E-state index in [1.54, 1.807) is 12.1 Å². The van der Waals surface area contributed by atoms with Crippen LogP contribution in [-0.4, -0.2) is 11.1 Å². The van der Waals surface area contributed by atoms with E-state index in [1.165, 1.54) is 12.1 Å². The van der Waals surface area contributed by atoms with Crippen LogP contribution in [-0.2, 0) is 6.61 Å². The highest BCUT2D eigenvalue weighted by molar-refractivity contribution is 14.1. The molecule has 2 aromatic rings. The van der Waals surface area contributed by atoms with Crippen molar-refractivity contribution in [3.05, 3.63) is 63.0 Å². The van der Waals surface area contributed by atoms with Gasteiger partial charge in [-0.3, -0.25) is 0 Å². The number of halogens is 2. The Labute approximate surface area is 123 Å². The molecule has 2 rings (SSSR count). The molecule has 0 heterocycles. The molecule has 19 heavy (non-hydrogen) atoms. The van der Waals surface area contributed by atoms with Crippen LogP contribution >= 0.6 is 22.6 Å². The van der Waals surface area contributed by atoms with E-state index in [0.717, 1.165) is 9.64 Å². The van der Waals surface area contributed by atoms with E-state index in [2.05, 4.69) is 22.6 Å². The molecule has 1 N–H and O–H groups in total. The molecule has 0 aromatic heterocycles. The SMILES string of the molecule is O=C(O)c1ccc(COc2ccc(I)cc2)c(F)c1. The summed E-state index contributed by atoms with van der Waals surface area (Å²) in [6, 6.07) is 11.1. The van der Waals surface area contributed by atoms with Crippen molar-refractivity contribution < 1.29 is 19.0 Å². The molecule has 0 fully saturated rings. The first-order chi connectivity index (χ1) is 9.06. The van der Waals surface area contributed by atoms with Crippen LogP contribution in [0.25, 0.3) is 0 Å². The van der Waals surface area contributed by atoms with E-state index in [0.29, 0.717) is 11.3 Å². The molecule has 0 amide bonds. The fraction of sp³-hybridized carbons (Fsp3) is 0.0714. The Bertz CT molecular complexity index is 596. The van der Waals surface area contributed by atoms with Crippen LogP contribution in [0, 0.1) is 9.39 Å². The third kappa shape index (κ3) is 3.66. The summed E-state index contributed by atoms with van der Waals surface area (Å²) in [6.45, 7) is 0.0618. The lowest BCUT2D eigenvalue weighted by molar-refractivity contribution is 0.0696. The van der Waals surface area contributed by atoms with Crippen LogP contribution in [0.2, 0.25) is 0 Å². The third-order valence-corrected chi connectivity index (χ3v) is 3.23. The van der Waals surface area contributed by atoms with Crippen molar-refractivity contribution in [3.8, 4) is 5.75 Å². The fourth-order valence-corrected chi connectivity index (χ4v) is 1.85. The highest BCUT2D eigenvalue weighted by Crippen LogP contribution is 2.17. The van der Waals surface area contributed by atoms with Crippen LogP contribution in [0.3, 0.4) is 0 Å². The molecule has 98 valence electrons. The third-order valence-electron chi connectivity index (χ3n) is 2.51. The van der Waals surface area contributed by atoms with Gasteiger partial charge in [0.25, 0.3) is 0 Å². The van der Waals surface area contributed by atoms with E-state index in [1.807, 2.05) is 12.1 Å². The number of hydrogen-bond acceptors (Lipinski definition) is 2. The maximum absolute atomic E-state index is 13.6.